The fourth-order valence-electron chi connectivity index (χ4n) is 1.88. The summed E-state index contributed by atoms with van der Waals surface area (Å²) >= 11 is 5.82. The molecule has 0 saturated heterocycles. The van der Waals surface area contributed by atoms with Crippen LogP contribution in [0.2, 0.25) is 5.02 Å². The summed E-state index contributed by atoms with van der Waals surface area (Å²) in [5.74, 6) is -0.128. The van der Waals surface area contributed by atoms with Crippen LogP contribution in [0.1, 0.15) is 5.56 Å². The van der Waals surface area contributed by atoms with Gasteiger partial charge in [-0.05, 0) is 29.8 Å². The number of carboxylic acid groups (broad SMARTS) is 1. The molecule has 5 heteroatoms. The molecule has 0 aromatic heterocycles. The molecule has 0 bridgehead atoms. The Morgan fingerprint density at radius 2 is 1.76 bits per heavy atom. The van der Waals surface area contributed by atoms with Crippen LogP contribution in [0.5, 0.6) is 11.5 Å². The van der Waals surface area contributed by atoms with E-state index in [1.807, 2.05) is 0 Å². The maximum atomic E-state index is 11.4. The van der Waals surface area contributed by atoms with Crippen LogP contribution < -0.4 is 9.47 Å². The predicted octanol–water partition coefficient (Wildman–Crippen LogP) is 3.42. The highest BCUT2D eigenvalue weighted by Crippen LogP contribution is 2.27. The fraction of sp³-hybridized carbons (Fsp3) is 0.188. The molecule has 1 atom stereocenters. The average molecular weight is 307 g/mol. The van der Waals surface area contributed by atoms with Crippen LogP contribution in [-0.4, -0.2) is 24.3 Å². The lowest BCUT2D eigenvalue weighted by atomic mass is 10.1. The van der Waals surface area contributed by atoms with Crippen molar-refractivity contribution >= 4 is 17.6 Å². The standard InChI is InChI=1S/C16H15ClO4/c1-20-13-4-2-3-5-14(13)21-15(16(18)19)10-11-6-8-12(17)9-7-11/h2-9,15H,10H2,1H3,(H,18,19). The Bertz CT molecular complexity index is 610. The van der Waals surface area contributed by atoms with Crippen LogP contribution in [0.3, 0.4) is 0 Å². The molecular weight excluding hydrogens is 292 g/mol. The molecule has 110 valence electrons. The van der Waals surface area contributed by atoms with Gasteiger partial charge in [0.2, 0.25) is 0 Å². The van der Waals surface area contributed by atoms with Crippen molar-refractivity contribution in [1.82, 2.24) is 0 Å². The monoisotopic (exact) mass is 306 g/mol. The van der Waals surface area contributed by atoms with E-state index in [0.717, 1.165) is 5.56 Å². The van der Waals surface area contributed by atoms with Crippen molar-refractivity contribution in [2.75, 3.05) is 7.11 Å². The predicted molar refractivity (Wildman–Crippen MR) is 80.2 cm³/mol. The number of benzene rings is 2. The van der Waals surface area contributed by atoms with Gasteiger partial charge in [-0.2, -0.15) is 0 Å². The molecule has 21 heavy (non-hydrogen) atoms. The summed E-state index contributed by atoms with van der Waals surface area (Å²) in [4.78, 5) is 11.4. The zero-order chi connectivity index (χ0) is 15.2. The van der Waals surface area contributed by atoms with Gasteiger partial charge in [-0.25, -0.2) is 4.79 Å². The van der Waals surface area contributed by atoms with Gasteiger partial charge in [0.15, 0.2) is 17.6 Å². The topological polar surface area (TPSA) is 55.8 Å². The van der Waals surface area contributed by atoms with E-state index in [2.05, 4.69) is 0 Å². The van der Waals surface area contributed by atoms with Gasteiger partial charge in [0.25, 0.3) is 0 Å². The molecule has 0 saturated carbocycles. The Morgan fingerprint density at radius 1 is 1.14 bits per heavy atom. The number of methoxy groups -OCH3 is 1. The Balaban J connectivity index is 2.16. The van der Waals surface area contributed by atoms with Gasteiger partial charge in [-0.3, -0.25) is 0 Å². The van der Waals surface area contributed by atoms with E-state index in [9.17, 15) is 9.90 Å². The largest absolute Gasteiger partial charge is 0.493 e. The van der Waals surface area contributed by atoms with Gasteiger partial charge < -0.3 is 14.6 Å². The molecule has 0 fully saturated rings. The minimum absolute atomic E-state index is 0.241. The van der Waals surface area contributed by atoms with Crippen molar-refractivity contribution in [3.05, 3.63) is 59.1 Å². The minimum Gasteiger partial charge on any atom is -0.493 e. The molecule has 2 rings (SSSR count). The van der Waals surface area contributed by atoms with Gasteiger partial charge in [-0.1, -0.05) is 35.9 Å². The van der Waals surface area contributed by atoms with E-state index in [-0.39, 0.29) is 6.42 Å². The second kappa shape index (κ2) is 6.99. The maximum absolute atomic E-state index is 11.4. The number of carboxylic acids is 1. The van der Waals surface area contributed by atoms with E-state index in [1.54, 1.807) is 48.5 Å². The van der Waals surface area contributed by atoms with Crippen LogP contribution in [0, 0.1) is 0 Å². The Morgan fingerprint density at radius 3 is 2.33 bits per heavy atom. The number of carbonyl (C=O) groups is 1. The SMILES string of the molecule is COc1ccccc1OC(Cc1ccc(Cl)cc1)C(=O)O. The Kier molecular flexibility index (Phi) is 5.06. The quantitative estimate of drug-likeness (QED) is 0.888. The van der Waals surface area contributed by atoms with Crippen molar-refractivity contribution < 1.29 is 19.4 Å². The second-order valence-electron chi connectivity index (χ2n) is 4.43. The van der Waals surface area contributed by atoms with Crippen molar-refractivity contribution in [2.24, 2.45) is 0 Å². The van der Waals surface area contributed by atoms with Crippen LogP contribution in [0.25, 0.3) is 0 Å². The normalized spacial score (nSPS) is 11.7. The van der Waals surface area contributed by atoms with Crippen molar-refractivity contribution in [3.8, 4) is 11.5 Å². The van der Waals surface area contributed by atoms with Crippen LogP contribution in [0.15, 0.2) is 48.5 Å². The zero-order valence-corrected chi connectivity index (χ0v) is 12.2. The van der Waals surface area contributed by atoms with Crippen molar-refractivity contribution in [1.29, 1.82) is 0 Å². The number of hydrogen-bond acceptors (Lipinski definition) is 3. The maximum Gasteiger partial charge on any atom is 0.345 e. The lowest BCUT2D eigenvalue weighted by Gasteiger charge is -2.17. The first kappa shape index (κ1) is 15.2. The second-order valence-corrected chi connectivity index (χ2v) is 4.86. The van der Waals surface area contributed by atoms with Crippen LogP contribution in [0.4, 0.5) is 0 Å². The fourth-order valence-corrected chi connectivity index (χ4v) is 2.01. The molecular formula is C16H15ClO4. The third kappa shape index (κ3) is 4.13. The molecule has 1 unspecified atom stereocenters. The van der Waals surface area contributed by atoms with E-state index in [4.69, 9.17) is 21.1 Å². The smallest absolute Gasteiger partial charge is 0.345 e. The highest BCUT2D eigenvalue weighted by Gasteiger charge is 2.21. The van der Waals surface area contributed by atoms with Crippen molar-refractivity contribution in [3.63, 3.8) is 0 Å². The first-order valence-electron chi connectivity index (χ1n) is 6.37. The molecule has 2 aromatic rings. The van der Waals surface area contributed by atoms with Crippen LogP contribution >= 0.6 is 11.6 Å². The third-order valence-corrected chi connectivity index (χ3v) is 3.20. The van der Waals surface area contributed by atoms with Gasteiger partial charge in [0, 0.05) is 11.4 Å². The first-order valence-corrected chi connectivity index (χ1v) is 6.75. The van der Waals surface area contributed by atoms with Gasteiger partial charge in [0.1, 0.15) is 0 Å². The number of hydrogen-bond donors (Lipinski definition) is 1. The molecule has 0 aliphatic carbocycles. The molecule has 0 radical (unpaired) electrons. The van der Waals surface area contributed by atoms with E-state index in [1.165, 1.54) is 7.11 Å². The summed E-state index contributed by atoms with van der Waals surface area (Å²) in [7, 11) is 1.51. The third-order valence-electron chi connectivity index (χ3n) is 2.95. The summed E-state index contributed by atoms with van der Waals surface area (Å²) < 4.78 is 10.7. The van der Waals surface area contributed by atoms with E-state index in [0.29, 0.717) is 16.5 Å². The Hall–Kier alpha value is -2.20. The van der Waals surface area contributed by atoms with Crippen LogP contribution in [-0.2, 0) is 11.2 Å². The molecule has 0 aliphatic rings. The molecule has 0 amide bonds. The number of para-hydroxylation sites is 2. The highest BCUT2D eigenvalue weighted by molar-refractivity contribution is 6.30. The molecule has 0 spiro atoms. The highest BCUT2D eigenvalue weighted by atomic mass is 35.5. The van der Waals surface area contributed by atoms with Gasteiger partial charge in [0.05, 0.1) is 7.11 Å². The van der Waals surface area contributed by atoms with E-state index < -0.39 is 12.1 Å². The summed E-state index contributed by atoms with van der Waals surface area (Å²) in [6.45, 7) is 0. The van der Waals surface area contributed by atoms with Crippen molar-refractivity contribution in [2.45, 2.75) is 12.5 Å². The minimum atomic E-state index is -1.03. The lowest BCUT2D eigenvalue weighted by Crippen LogP contribution is -2.29. The number of aliphatic carboxylic acids is 1. The van der Waals surface area contributed by atoms with Gasteiger partial charge in [-0.15, -0.1) is 0 Å². The lowest BCUT2D eigenvalue weighted by molar-refractivity contribution is -0.145. The summed E-state index contributed by atoms with van der Waals surface area (Å²) in [6, 6.07) is 14.0. The summed E-state index contributed by atoms with van der Waals surface area (Å²) in [5.41, 5.74) is 0.835. The number of ether oxygens (including phenoxy) is 2. The number of halogens is 1. The van der Waals surface area contributed by atoms with Gasteiger partial charge >= 0.3 is 5.97 Å². The molecule has 0 aliphatic heterocycles. The molecule has 4 nitrogen and oxygen atoms in total. The molecule has 1 N–H and O–H groups in total. The summed E-state index contributed by atoms with van der Waals surface area (Å²) in [5, 5.41) is 9.93. The van der Waals surface area contributed by atoms with E-state index >= 15 is 0 Å². The summed E-state index contributed by atoms with van der Waals surface area (Å²) in [6.07, 6.45) is -0.757. The molecule has 2 aromatic carbocycles. The zero-order valence-electron chi connectivity index (χ0n) is 11.5. The first-order chi connectivity index (χ1) is 10.1. The average Bonchev–Trinajstić information content (AvgIpc) is 2.49. The Labute approximate surface area is 127 Å². The molecule has 0 heterocycles. The number of rotatable bonds is 6.